The minimum atomic E-state index is 0.110. The molecule has 4 heteroatoms. The summed E-state index contributed by atoms with van der Waals surface area (Å²) < 4.78 is 5.52. The van der Waals surface area contributed by atoms with Gasteiger partial charge in [0.15, 0.2) is 0 Å². The maximum Gasteiger partial charge on any atom is 0.220 e. The Morgan fingerprint density at radius 2 is 1.23 bits per heavy atom. The molecule has 0 aliphatic heterocycles. The van der Waals surface area contributed by atoms with E-state index in [4.69, 9.17) is 4.74 Å². The highest BCUT2D eigenvalue weighted by atomic mass is 16.5. The van der Waals surface area contributed by atoms with Crippen LogP contribution >= 0.6 is 0 Å². The fraction of sp³-hybridized carbons (Fsp3) is 0.731. The van der Waals surface area contributed by atoms with Crippen LogP contribution in [0, 0.1) is 0 Å². The van der Waals surface area contributed by atoms with Crippen molar-refractivity contribution in [2.75, 3.05) is 13.2 Å². The van der Waals surface area contributed by atoms with E-state index in [1.165, 1.54) is 83.5 Å². The summed E-state index contributed by atoms with van der Waals surface area (Å²) in [5.41, 5.74) is 0. The largest absolute Gasteiger partial charge is 0.508 e. The molecule has 172 valence electrons. The maximum atomic E-state index is 11.8. The van der Waals surface area contributed by atoms with Crippen molar-refractivity contribution in [1.82, 2.24) is 5.32 Å². The molecular formula is C26H45NO3. The molecule has 0 fully saturated rings. The smallest absolute Gasteiger partial charge is 0.220 e. The van der Waals surface area contributed by atoms with Crippen molar-refractivity contribution in [2.45, 2.75) is 110 Å². The number of amides is 1. The SMILES string of the molecule is CCCCCCCCCCCCCCCCCC(=O)NCCOc1ccc(O)cc1. The molecule has 0 heterocycles. The third kappa shape index (κ3) is 16.1. The first-order chi connectivity index (χ1) is 14.7. The molecule has 0 unspecified atom stereocenters. The molecule has 30 heavy (non-hydrogen) atoms. The molecule has 1 rings (SSSR count). The molecule has 4 nitrogen and oxygen atoms in total. The monoisotopic (exact) mass is 419 g/mol. The second kappa shape index (κ2) is 19.3. The standard InChI is InChI=1S/C26H45NO3/c1-2-3-4-5-6-7-8-9-10-11-12-13-14-15-16-17-26(29)27-22-23-30-25-20-18-24(28)19-21-25/h18-21,28H,2-17,22-23H2,1H3,(H,27,29). The van der Waals surface area contributed by atoms with Gasteiger partial charge in [-0.25, -0.2) is 0 Å². The number of phenolic OH excluding ortho intramolecular Hbond substituents is 1. The lowest BCUT2D eigenvalue weighted by Gasteiger charge is -2.08. The minimum Gasteiger partial charge on any atom is -0.508 e. The zero-order chi connectivity index (χ0) is 21.7. The van der Waals surface area contributed by atoms with Crippen LogP contribution in [0.3, 0.4) is 0 Å². The Morgan fingerprint density at radius 1 is 0.767 bits per heavy atom. The first-order valence-electron chi connectivity index (χ1n) is 12.4. The number of hydrogen-bond donors (Lipinski definition) is 2. The molecule has 0 bridgehead atoms. The van der Waals surface area contributed by atoms with Gasteiger partial charge in [0.1, 0.15) is 18.1 Å². The van der Waals surface area contributed by atoms with Gasteiger partial charge in [-0.05, 0) is 30.7 Å². The summed E-state index contributed by atoms with van der Waals surface area (Å²) in [5.74, 6) is 1.03. The van der Waals surface area contributed by atoms with E-state index in [-0.39, 0.29) is 11.7 Å². The molecule has 0 saturated carbocycles. The van der Waals surface area contributed by atoms with E-state index in [9.17, 15) is 9.90 Å². The van der Waals surface area contributed by atoms with Crippen molar-refractivity contribution in [3.05, 3.63) is 24.3 Å². The van der Waals surface area contributed by atoms with Crippen LogP contribution < -0.4 is 10.1 Å². The number of aromatic hydroxyl groups is 1. The van der Waals surface area contributed by atoms with E-state index >= 15 is 0 Å². The summed E-state index contributed by atoms with van der Waals surface area (Å²) in [4.78, 5) is 11.8. The normalized spacial score (nSPS) is 10.8. The Kier molecular flexibility index (Phi) is 16.9. The topological polar surface area (TPSA) is 58.6 Å². The summed E-state index contributed by atoms with van der Waals surface area (Å²) in [6.45, 7) is 3.23. The maximum absolute atomic E-state index is 11.8. The molecule has 0 aliphatic rings. The van der Waals surface area contributed by atoms with Gasteiger partial charge in [-0.15, -0.1) is 0 Å². The number of hydrogen-bond acceptors (Lipinski definition) is 3. The Bertz CT molecular complexity index is 516. The van der Waals surface area contributed by atoms with Crippen LogP contribution in [0.5, 0.6) is 11.5 Å². The second-order valence-corrected chi connectivity index (χ2v) is 8.39. The molecule has 0 aliphatic carbocycles. The second-order valence-electron chi connectivity index (χ2n) is 8.39. The number of ether oxygens (including phenoxy) is 1. The quantitative estimate of drug-likeness (QED) is 0.221. The molecular weight excluding hydrogens is 374 g/mol. The van der Waals surface area contributed by atoms with Gasteiger partial charge in [0.25, 0.3) is 0 Å². The summed E-state index contributed by atoms with van der Waals surface area (Å²) >= 11 is 0. The van der Waals surface area contributed by atoms with Gasteiger partial charge < -0.3 is 15.2 Å². The first kappa shape index (κ1) is 26.3. The fourth-order valence-corrected chi connectivity index (χ4v) is 3.65. The highest BCUT2D eigenvalue weighted by molar-refractivity contribution is 5.75. The van der Waals surface area contributed by atoms with Crippen LogP contribution in [0.2, 0.25) is 0 Å². The van der Waals surface area contributed by atoms with Crippen LogP contribution in [-0.2, 0) is 4.79 Å². The molecule has 2 N–H and O–H groups in total. The number of nitrogens with one attached hydrogen (secondary N) is 1. The van der Waals surface area contributed by atoms with Gasteiger partial charge in [0, 0.05) is 6.42 Å². The van der Waals surface area contributed by atoms with Gasteiger partial charge >= 0.3 is 0 Å². The molecule has 0 aromatic heterocycles. The van der Waals surface area contributed by atoms with E-state index in [0.717, 1.165) is 12.8 Å². The van der Waals surface area contributed by atoms with Gasteiger partial charge in [-0.2, -0.15) is 0 Å². The Morgan fingerprint density at radius 3 is 1.73 bits per heavy atom. The van der Waals surface area contributed by atoms with E-state index in [0.29, 0.717) is 25.3 Å². The zero-order valence-electron chi connectivity index (χ0n) is 19.3. The van der Waals surface area contributed by atoms with Crippen LogP contribution in [0.1, 0.15) is 110 Å². The summed E-state index contributed by atoms with van der Waals surface area (Å²) in [6.07, 6.45) is 20.7. The summed E-state index contributed by atoms with van der Waals surface area (Å²) in [7, 11) is 0. The van der Waals surface area contributed by atoms with E-state index in [1.807, 2.05) is 0 Å². The summed E-state index contributed by atoms with van der Waals surface area (Å²) in [5, 5.41) is 12.1. The van der Waals surface area contributed by atoms with Crippen molar-refractivity contribution in [3.63, 3.8) is 0 Å². The van der Waals surface area contributed by atoms with Gasteiger partial charge in [0.2, 0.25) is 5.91 Å². The van der Waals surface area contributed by atoms with Crippen LogP contribution in [0.4, 0.5) is 0 Å². The highest BCUT2D eigenvalue weighted by Crippen LogP contribution is 2.16. The van der Waals surface area contributed by atoms with Crippen molar-refractivity contribution in [3.8, 4) is 11.5 Å². The lowest BCUT2D eigenvalue weighted by atomic mass is 10.0. The Hall–Kier alpha value is -1.71. The lowest BCUT2D eigenvalue weighted by molar-refractivity contribution is -0.121. The Balaban J connectivity index is 1.78. The molecule has 0 saturated heterocycles. The minimum absolute atomic E-state index is 0.110. The number of phenols is 1. The fourth-order valence-electron chi connectivity index (χ4n) is 3.65. The van der Waals surface area contributed by atoms with Crippen LogP contribution in [0.25, 0.3) is 0 Å². The predicted octanol–water partition coefficient (Wildman–Crippen LogP) is 7.15. The molecule has 1 aromatic rings. The van der Waals surface area contributed by atoms with E-state index < -0.39 is 0 Å². The van der Waals surface area contributed by atoms with Crippen molar-refractivity contribution in [1.29, 1.82) is 0 Å². The molecule has 1 aromatic carbocycles. The highest BCUT2D eigenvalue weighted by Gasteiger charge is 2.01. The molecule has 0 radical (unpaired) electrons. The average molecular weight is 420 g/mol. The summed E-state index contributed by atoms with van der Waals surface area (Å²) in [6, 6.07) is 6.61. The van der Waals surface area contributed by atoms with E-state index in [1.54, 1.807) is 24.3 Å². The first-order valence-corrected chi connectivity index (χ1v) is 12.4. The number of benzene rings is 1. The lowest BCUT2D eigenvalue weighted by Crippen LogP contribution is -2.27. The molecule has 0 spiro atoms. The van der Waals surface area contributed by atoms with Gasteiger partial charge in [-0.3, -0.25) is 4.79 Å². The predicted molar refractivity (Wildman–Crippen MR) is 126 cm³/mol. The van der Waals surface area contributed by atoms with Crippen LogP contribution in [0.15, 0.2) is 24.3 Å². The third-order valence-corrected chi connectivity index (χ3v) is 5.54. The van der Waals surface area contributed by atoms with Crippen molar-refractivity contribution >= 4 is 5.91 Å². The number of carbonyl (C=O) groups is 1. The zero-order valence-corrected chi connectivity index (χ0v) is 19.3. The molecule has 0 atom stereocenters. The third-order valence-electron chi connectivity index (χ3n) is 5.54. The molecule has 1 amide bonds. The van der Waals surface area contributed by atoms with Crippen molar-refractivity contribution < 1.29 is 14.6 Å². The number of carbonyl (C=O) groups excluding carboxylic acids is 1. The Labute approximate surface area is 184 Å². The van der Waals surface area contributed by atoms with Crippen LogP contribution in [-0.4, -0.2) is 24.2 Å². The van der Waals surface area contributed by atoms with E-state index in [2.05, 4.69) is 12.2 Å². The van der Waals surface area contributed by atoms with Gasteiger partial charge in [0.05, 0.1) is 6.54 Å². The van der Waals surface area contributed by atoms with Crippen molar-refractivity contribution in [2.24, 2.45) is 0 Å². The number of unbranched alkanes of at least 4 members (excludes halogenated alkanes) is 14. The number of rotatable bonds is 20. The van der Waals surface area contributed by atoms with Gasteiger partial charge in [-0.1, -0.05) is 96.8 Å². The average Bonchev–Trinajstić information content (AvgIpc) is 2.75.